The maximum atomic E-state index is 12.4. The molecule has 0 saturated carbocycles. The van der Waals surface area contributed by atoms with Crippen LogP contribution in [0.1, 0.15) is 32.4 Å². The molecule has 2 rings (SSSR count). The second-order valence-electron chi connectivity index (χ2n) is 6.48. The van der Waals surface area contributed by atoms with E-state index in [0.717, 1.165) is 0 Å². The number of carbonyl (C=O) groups excluding carboxylic acids is 2. The number of amides is 1. The fourth-order valence-electron chi connectivity index (χ4n) is 2.63. The molecule has 0 bridgehead atoms. The Hall–Kier alpha value is -1.92. The van der Waals surface area contributed by atoms with Crippen molar-refractivity contribution in [1.29, 1.82) is 0 Å². The van der Waals surface area contributed by atoms with Gasteiger partial charge in [0.25, 0.3) is 5.91 Å². The summed E-state index contributed by atoms with van der Waals surface area (Å²) < 4.78 is 6.32. The van der Waals surface area contributed by atoms with E-state index in [1.807, 2.05) is 26.2 Å². The normalized spacial score (nSPS) is 13.1. The molecule has 130 valence electrons. The van der Waals surface area contributed by atoms with Crippen molar-refractivity contribution in [3.63, 3.8) is 0 Å². The van der Waals surface area contributed by atoms with Crippen molar-refractivity contribution < 1.29 is 14.3 Å². The molecule has 0 aliphatic carbocycles. The van der Waals surface area contributed by atoms with Crippen molar-refractivity contribution in [2.75, 3.05) is 20.6 Å². The Bertz CT molecular complexity index is 737. The lowest BCUT2D eigenvalue weighted by Gasteiger charge is -2.28. The summed E-state index contributed by atoms with van der Waals surface area (Å²) in [4.78, 5) is 25.6. The van der Waals surface area contributed by atoms with Crippen LogP contribution in [0.25, 0.3) is 10.1 Å². The molecule has 0 unspecified atom stereocenters. The third-order valence-corrected chi connectivity index (χ3v) is 4.88. The average molecular weight is 348 g/mol. The van der Waals surface area contributed by atoms with Crippen LogP contribution < -0.4 is 5.32 Å². The molecule has 1 N–H and O–H groups in total. The van der Waals surface area contributed by atoms with Gasteiger partial charge in [-0.25, -0.2) is 0 Å². The molecule has 0 fully saturated rings. The Morgan fingerprint density at radius 1 is 1.29 bits per heavy atom. The van der Waals surface area contributed by atoms with Gasteiger partial charge in [0.1, 0.15) is 0 Å². The van der Waals surface area contributed by atoms with Crippen LogP contribution in [-0.4, -0.2) is 43.0 Å². The number of rotatable bonds is 6. The van der Waals surface area contributed by atoms with Crippen LogP contribution in [0.15, 0.2) is 29.6 Å². The number of hydrogen-bond acceptors (Lipinski definition) is 5. The molecule has 1 heterocycles. The monoisotopic (exact) mass is 348 g/mol. The number of nitrogens with one attached hydrogen (secondary N) is 1. The lowest BCUT2D eigenvalue weighted by atomic mass is 10.0. The summed E-state index contributed by atoms with van der Waals surface area (Å²) in [5.74, 6) is -0.771. The smallest absolute Gasteiger partial charge is 0.303 e. The fourth-order valence-corrected chi connectivity index (χ4v) is 3.64. The second kappa shape index (κ2) is 7.32. The first kappa shape index (κ1) is 18.4. The summed E-state index contributed by atoms with van der Waals surface area (Å²) >= 11 is 1.70. The van der Waals surface area contributed by atoms with Crippen LogP contribution in [0.5, 0.6) is 0 Å². The van der Waals surface area contributed by atoms with Gasteiger partial charge in [-0.3, -0.25) is 9.59 Å². The molecular weight excluding hydrogens is 324 g/mol. The van der Waals surface area contributed by atoms with Crippen molar-refractivity contribution in [2.45, 2.75) is 32.4 Å². The predicted molar refractivity (Wildman–Crippen MR) is 97.1 cm³/mol. The highest BCUT2D eigenvalue weighted by atomic mass is 32.1. The van der Waals surface area contributed by atoms with E-state index in [1.54, 1.807) is 25.2 Å². The van der Waals surface area contributed by atoms with Crippen molar-refractivity contribution in [1.82, 2.24) is 10.2 Å². The minimum absolute atomic E-state index is 0.0400. The zero-order chi connectivity index (χ0) is 17.9. The van der Waals surface area contributed by atoms with Gasteiger partial charge >= 0.3 is 5.97 Å². The minimum atomic E-state index is -1.18. The molecule has 6 heteroatoms. The number of ether oxygens (including phenoxy) is 1. The molecule has 0 aliphatic heterocycles. The van der Waals surface area contributed by atoms with Gasteiger partial charge in [0.2, 0.25) is 0 Å². The van der Waals surface area contributed by atoms with E-state index in [1.165, 1.54) is 22.6 Å². The molecule has 24 heavy (non-hydrogen) atoms. The first-order valence-corrected chi connectivity index (χ1v) is 8.71. The zero-order valence-electron chi connectivity index (χ0n) is 14.8. The number of likely N-dealkylation sites (N-methyl/N-ethyl adjacent to an activating group) is 1. The molecule has 5 nitrogen and oxygen atoms in total. The SMILES string of the molecule is CC(=O)OC(C)(C)C(=O)NC[C@@H](c1csc2ccccc12)N(C)C. The van der Waals surface area contributed by atoms with E-state index in [0.29, 0.717) is 6.54 Å². The highest BCUT2D eigenvalue weighted by molar-refractivity contribution is 7.17. The molecule has 2 aromatic rings. The number of benzene rings is 1. The first-order valence-electron chi connectivity index (χ1n) is 7.83. The third-order valence-electron chi connectivity index (χ3n) is 3.89. The van der Waals surface area contributed by atoms with Crippen molar-refractivity contribution in [3.05, 3.63) is 35.2 Å². The van der Waals surface area contributed by atoms with E-state index in [4.69, 9.17) is 4.74 Å². The molecule has 0 saturated heterocycles. The molecule has 1 amide bonds. The summed E-state index contributed by atoms with van der Waals surface area (Å²) in [7, 11) is 3.97. The van der Waals surface area contributed by atoms with E-state index in [-0.39, 0.29) is 11.9 Å². The van der Waals surface area contributed by atoms with Crippen LogP contribution in [0.3, 0.4) is 0 Å². The van der Waals surface area contributed by atoms with Gasteiger partial charge in [-0.2, -0.15) is 0 Å². The summed E-state index contributed by atoms with van der Waals surface area (Å²) in [6, 6.07) is 8.28. The van der Waals surface area contributed by atoms with Gasteiger partial charge in [-0.15, -0.1) is 11.3 Å². The van der Waals surface area contributed by atoms with Gasteiger partial charge in [-0.1, -0.05) is 18.2 Å². The molecular formula is C18H24N2O3S. The van der Waals surface area contributed by atoms with E-state index in [2.05, 4.69) is 27.7 Å². The quantitative estimate of drug-likeness (QED) is 0.816. The van der Waals surface area contributed by atoms with Crippen LogP contribution in [0.2, 0.25) is 0 Å². The molecule has 0 radical (unpaired) electrons. The summed E-state index contributed by atoms with van der Waals surface area (Å²) in [5, 5.41) is 6.25. The van der Waals surface area contributed by atoms with Crippen LogP contribution in [0.4, 0.5) is 0 Å². The Kier molecular flexibility index (Phi) is 5.62. The maximum absolute atomic E-state index is 12.4. The number of carbonyl (C=O) groups is 2. The topological polar surface area (TPSA) is 58.6 Å². The lowest BCUT2D eigenvalue weighted by Crippen LogP contribution is -2.47. The Labute approximate surface area is 146 Å². The maximum Gasteiger partial charge on any atom is 0.303 e. The Morgan fingerprint density at radius 3 is 2.58 bits per heavy atom. The standard InChI is InChI=1S/C18H24N2O3S/c1-12(21)23-18(2,3)17(22)19-10-15(20(4)5)14-11-24-16-9-7-6-8-13(14)16/h6-9,11,15H,10H2,1-5H3,(H,19,22)/t15-/m0/s1. The second-order valence-corrected chi connectivity index (χ2v) is 7.39. The molecule has 1 atom stereocenters. The fraction of sp³-hybridized carbons (Fsp3) is 0.444. The van der Waals surface area contributed by atoms with E-state index in [9.17, 15) is 9.59 Å². The van der Waals surface area contributed by atoms with E-state index >= 15 is 0 Å². The highest BCUT2D eigenvalue weighted by Gasteiger charge is 2.31. The molecule has 0 spiro atoms. The number of fused-ring (bicyclic) bond motifs is 1. The Morgan fingerprint density at radius 2 is 1.96 bits per heavy atom. The lowest BCUT2D eigenvalue weighted by molar-refractivity contribution is -0.163. The van der Waals surface area contributed by atoms with Crippen molar-refractivity contribution >= 4 is 33.3 Å². The number of thiophene rings is 1. The predicted octanol–water partition coefficient (Wildman–Crippen LogP) is 2.96. The van der Waals surface area contributed by atoms with Crippen molar-refractivity contribution in [3.8, 4) is 0 Å². The van der Waals surface area contributed by atoms with Gasteiger partial charge in [0.05, 0.1) is 6.04 Å². The van der Waals surface area contributed by atoms with Gasteiger partial charge in [-0.05, 0) is 50.3 Å². The highest BCUT2D eigenvalue weighted by Crippen LogP contribution is 2.32. The summed E-state index contributed by atoms with van der Waals surface area (Å²) in [6.45, 7) is 4.93. The van der Waals surface area contributed by atoms with Gasteiger partial charge < -0.3 is 15.0 Å². The van der Waals surface area contributed by atoms with Crippen LogP contribution >= 0.6 is 11.3 Å². The zero-order valence-corrected chi connectivity index (χ0v) is 15.6. The van der Waals surface area contributed by atoms with Gasteiger partial charge in [0.15, 0.2) is 5.60 Å². The van der Waals surface area contributed by atoms with Crippen LogP contribution in [-0.2, 0) is 14.3 Å². The summed E-state index contributed by atoms with van der Waals surface area (Å²) in [5.41, 5.74) is 0.00515. The third kappa shape index (κ3) is 4.13. The number of hydrogen-bond donors (Lipinski definition) is 1. The van der Waals surface area contributed by atoms with Crippen LogP contribution in [0, 0.1) is 0 Å². The molecule has 1 aromatic heterocycles. The molecule has 0 aliphatic rings. The van der Waals surface area contributed by atoms with Crippen molar-refractivity contribution in [2.24, 2.45) is 0 Å². The van der Waals surface area contributed by atoms with Gasteiger partial charge in [0, 0.05) is 18.2 Å². The Balaban J connectivity index is 2.15. The number of esters is 1. The van der Waals surface area contributed by atoms with E-state index < -0.39 is 11.6 Å². The molecule has 1 aromatic carbocycles. The summed E-state index contributed by atoms with van der Waals surface area (Å²) in [6.07, 6.45) is 0. The minimum Gasteiger partial charge on any atom is -0.450 e. The first-order chi connectivity index (χ1) is 11.2. The largest absolute Gasteiger partial charge is 0.450 e. The average Bonchev–Trinajstić information content (AvgIpc) is 2.89. The number of nitrogens with zero attached hydrogens (tertiary/aromatic N) is 1.